The fourth-order valence-corrected chi connectivity index (χ4v) is 5.42. The molecule has 1 aromatic heterocycles. The van der Waals surface area contributed by atoms with Crippen molar-refractivity contribution < 1.29 is 9.53 Å². The van der Waals surface area contributed by atoms with Crippen LogP contribution in [0.3, 0.4) is 0 Å². The predicted octanol–water partition coefficient (Wildman–Crippen LogP) is 1.37. The van der Waals surface area contributed by atoms with Crippen LogP contribution < -0.4 is 5.32 Å². The van der Waals surface area contributed by atoms with Crippen LogP contribution in [-0.2, 0) is 29.2 Å². The quantitative estimate of drug-likeness (QED) is 0.846. The minimum Gasteiger partial charge on any atom is -0.377 e. The number of hydrogen-bond donors (Lipinski definition) is 1. The second-order valence-corrected chi connectivity index (χ2v) is 9.30. The lowest BCUT2D eigenvalue weighted by molar-refractivity contribution is -0.119. The molecular formula is C21H33N5O2. The van der Waals surface area contributed by atoms with Gasteiger partial charge in [-0.3, -0.25) is 19.3 Å². The van der Waals surface area contributed by atoms with Crippen LogP contribution in [0.25, 0.3) is 0 Å². The van der Waals surface area contributed by atoms with Gasteiger partial charge >= 0.3 is 0 Å². The number of carbonyl (C=O) groups is 1. The van der Waals surface area contributed by atoms with E-state index in [-0.39, 0.29) is 11.3 Å². The van der Waals surface area contributed by atoms with Crippen LogP contribution in [0.4, 0.5) is 0 Å². The van der Waals surface area contributed by atoms with Crippen LogP contribution in [-0.4, -0.2) is 70.9 Å². The molecule has 3 saturated heterocycles. The van der Waals surface area contributed by atoms with Crippen molar-refractivity contribution in [3.63, 3.8) is 0 Å². The zero-order valence-electron chi connectivity index (χ0n) is 16.9. The first-order valence-corrected chi connectivity index (χ1v) is 11.1. The number of amides is 1. The van der Waals surface area contributed by atoms with Crippen molar-refractivity contribution in [2.75, 3.05) is 39.3 Å². The van der Waals surface area contributed by atoms with E-state index in [2.05, 4.69) is 25.9 Å². The van der Waals surface area contributed by atoms with Crippen molar-refractivity contribution in [2.45, 2.75) is 64.3 Å². The number of fused-ring (bicyclic) bond motifs is 1. The summed E-state index contributed by atoms with van der Waals surface area (Å²) in [4.78, 5) is 16.7. The molecule has 1 aromatic rings. The highest BCUT2D eigenvalue weighted by Gasteiger charge is 2.40. The van der Waals surface area contributed by atoms with Crippen LogP contribution >= 0.6 is 0 Å². The lowest BCUT2D eigenvalue weighted by Gasteiger charge is -2.37. The number of nitrogens with one attached hydrogen (secondary N) is 1. The minimum absolute atomic E-state index is 0.224. The maximum Gasteiger partial charge on any atom is 0.220 e. The van der Waals surface area contributed by atoms with Gasteiger partial charge in [-0.2, -0.15) is 5.10 Å². The van der Waals surface area contributed by atoms with E-state index in [1.807, 2.05) is 0 Å². The molecule has 1 N–H and O–H groups in total. The highest BCUT2D eigenvalue weighted by Crippen LogP contribution is 2.37. The molecule has 5 rings (SSSR count). The molecule has 0 aromatic carbocycles. The average Bonchev–Trinajstić information content (AvgIpc) is 3.38. The second kappa shape index (κ2) is 7.76. The lowest BCUT2D eigenvalue weighted by Crippen LogP contribution is -2.40. The maximum atomic E-state index is 11.6. The molecule has 1 unspecified atom stereocenters. The van der Waals surface area contributed by atoms with Gasteiger partial charge in [-0.25, -0.2) is 0 Å². The van der Waals surface area contributed by atoms with E-state index in [1.165, 1.54) is 24.2 Å². The van der Waals surface area contributed by atoms with Crippen molar-refractivity contribution >= 4 is 5.91 Å². The van der Waals surface area contributed by atoms with Crippen LogP contribution in [0.2, 0.25) is 0 Å². The maximum absolute atomic E-state index is 11.6. The summed E-state index contributed by atoms with van der Waals surface area (Å²) in [7, 11) is 0. The van der Waals surface area contributed by atoms with Crippen molar-refractivity contribution in [1.82, 2.24) is 24.9 Å². The van der Waals surface area contributed by atoms with E-state index in [4.69, 9.17) is 9.84 Å². The fourth-order valence-electron chi connectivity index (χ4n) is 5.42. The van der Waals surface area contributed by atoms with E-state index in [0.717, 1.165) is 84.6 Å². The predicted molar refractivity (Wildman–Crippen MR) is 106 cm³/mol. The summed E-state index contributed by atoms with van der Waals surface area (Å²) in [5, 5.41) is 7.95. The molecule has 0 radical (unpaired) electrons. The summed E-state index contributed by atoms with van der Waals surface area (Å²) in [5.74, 6) is 0.235. The number of aromatic nitrogens is 2. The van der Waals surface area contributed by atoms with Crippen LogP contribution in [0.1, 0.15) is 49.9 Å². The van der Waals surface area contributed by atoms with Crippen molar-refractivity contribution in [1.29, 1.82) is 0 Å². The molecular weight excluding hydrogens is 354 g/mol. The summed E-state index contributed by atoms with van der Waals surface area (Å²) < 4.78 is 8.07. The van der Waals surface area contributed by atoms with Crippen LogP contribution in [0.15, 0.2) is 6.07 Å². The molecule has 1 amide bonds. The number of piperidine rings is 1. The van der Waals surface area contributed by atoms with Crippen molar-refractivity contribution in [2.24, 2.45) is 5.41 Å². The third kappa shape index (κ3) is 3.98. The van der Waals surface area contributed by atoms with Gasteiger partial charge in [-0.05, 0) is 56.7 Å². The molecule has 0 saturated carbocycles. The van der Waals surface area contributed by atoms with Gasteiger partial charge < -0.3 is 10.1 Å². The smallest absolute Gasteiger partial charge is 0.220 e. The van der Waals surface area contributed by atoms with Crippen molar-refractivity contribution in [3.8, 4) is 0 Å². The normalized spacial score (nSPS) is 28.4. The van der Waals surface area contributed by atoms with Gasteiger partial charge in [0.25, 0.3) is 0 Å². The van der Waals surface area contributed by atoms with E-state index < -0.39 is 0 Å². The standard InChI is InChI=1S/C21H33N5O2/c27-20-12-21(16-22-20)4-8-24(9-5-21)13-17-11-18-14-25(6-2-7-26(18)23-17)15-19-3-1-10-28-19/h11,19H,1-10,12-16H2,(H,22,27). The van der Waals surface area contributed by atoms with Crippen molar-refractivity contribution in [3.05, 3.63) is 17.5 Å². The summed E-state index contributed by atoms with van der Waals surface area (Å²) in [6, 6.07) is 2.32. The van der Waals surface area contributed by atoms with E-state index in [0.29, 0.717) is 6.10 Å². The number of likely N-dealkylation sites (tertiary alicyclic amines) is 1. The first kappa shape index (κ1) is 18.6. The van der Waals surface area contributed by atoms with Gasteiger partial charge in [-0.15, -0.1) is 0 Å². The molecule has 0 aliphatic carbocycles. The first-order chi connectivity index (χ1) is 13.7. The Morgan fingerprint density at radius 2 is 2.07 bits per heavy atom. The molecule has 28 heavy (non-hydrogen) atoms. The molecule has 1 atom stereocenters. The Labute approximate surface area is 167 Å². The third-order valence-electron chi connectivity index (χ3n) is 7.13. The highest BCUT2D eigenvalue weighted by atomic mass is 16.5. The zero-order valence-corrected chi connectivity index (χ0v) is 16.9. The van der Waals surface area contributed by atoms with E-state index in [1.54, 1.807) is 0 Å². The Bertz CT molecular complexity index is 704. The average molecular weight is 388 g/mol. The van der Waals surface area contributed by atoms with Gasteiger partial charge in [0.15, 0.2) is 0 Å². The Morgan fingerprint density at radius 3 is 2.82 bits per heavy atom. The molecule has 4 aliphatic rings. The third-order valence-corrected chi connectivity index (χ3v) is 7.13. The summed E-state index contributed by atoms with van der Waals surface area (Å²) in [6.45, 7) is 9.09. The highest BCUT2D eigenvalue weighted by molar-refractivity contribution is 5.79. The fraction of sp³-hybridized carbons (Fsp3) is 0.810. The number of hydrogen-bond acceptors (Lipinski definition) is 5. The lowest BCUT2D eigenvalue weighted by atomic mass is 9.77. The number of aryl methyl sites for hydroxylation is 1. The number of rotatable bonds is 4. The second-order valence-electron chi connectivity index (χ2n) is 9.30. The summed E-state index contributed by atoms with van der Waals surface area (Å²) in [5.41, 5.74) is 2.77. The largest absolute Gasteiger partial charge is 0.377 e. The molecule has 1 spiro atoms. The van der Waals surface area contributed by atoms with Gasteiger partial charge in [0.1, 0.15) is 0 Å². The molecule has 0 bridgehead atoms. The van der Waals surface area contributed by atoms with E-state index in [9.17, 15) is 4.79 Å². The van der Waals surface area contributed by atoms with Gasteiger partial charge in [0.05, 0.1) is 17.5 Å². The molecule has 4 aliphatic heterocycles. The Morgan fingerprint density at radius 1 is 1.18 bits per heavy atom. The van der Waals surface area contributed by atoms with Gasteiger partial charge in [0.2, 0.25) is 5.91 Å². The number of nitrogens with zero attached hydrogens (tertiary/aromatic N) is 4. The molecule has 5 heterocycles. The van der Waals surface area contributed by atoms with Gasteiger partial charge in [0, 0.05) is 52.3 Å². The Hall–Kier alpha value is -1.44. The zero-order chi connectivity index (χ0) is 19.0. The SMILES string of the molecule is O=C1CC2(CCN(Cc3cc4n(n3)CCCN(CC3CCCO3)C4)CC2)CN1. The molecule has 7 nitrogen and oxygen atoms in total. The molecule has 154 valence electrons. The first-order valence-electron chi connectivity index (χ1n) is 11.1. The minimum atomic E-state index is 0.224. The Kier molecular flexibility index (Phi) is 5.15. The van der Waals surface area contributed by atoms with E-state index >= 15 is 0 Å². The number of ether oxygens (including phenoxy) is 1. The summed E-state index contributed by atoms with van der Waals surface area (Å²) in [6.07, 6.45) is 6.96. The summed E-state index contributed by atoms with van der Waals surface area (Å²) >= 11 is 0. The molecule has 7 heteroatoms. The topological polar surface area (TPSA) is 62.6 Å². The van der Waals surface area contributed by atoms with Crippen LogP contribution in [0.5, 0.6) is 0 Å². The molecule has 3 fully saturated rings. The van der Waals surface area contributed by atoms with Crippen LogP contribution in [0, 0.1) is 5.41 Å². The number of carbonyl (C=O) groups excluding carboxylic acids is 1. The van der Waals surface area contributed by atoms with Gasteiger partial charge in [-0.1, -0.05) is 0 Å². The monoisotopic (exact) mass is 387 g/mol. The Balaban J connectivity index is 1.17.